The molecule has 0 amide bonds. The molecule has 0 saturated carbocycles. The van der Waals surface area contributed by atoms with E-state index in [0.717, 1.165) is 0 Å². The van der Waals surface area contributed by atoms with E-state index in [1.165, 1.54) is 13.0 Å². The van der Waals surface area contributed by atoms with Crippen LogP contribution in [0.3, 0.4) is 0 Å². The fourth-order valence-electron chi connectivity index (χ4n) is 0.693. The van der Waals surface area contributed by atoms with Crippen LogP contribution >= 0.6 is 27.5 Å². The molecule has 0 saturated heterocycles. The molecule has 0 fully saturated rings. The summed E-state index contributed by atoms with van der Waals surface area (Å²) < 4.78 is 25.8. The van der Waals surface area contributed by atoms with E-state index in [2.05, 4.69) is 15.9 Å². The van der Waals surface area contributed by atoms with Crippen LogP contribution in [-0.4, -0.2) is 0 Å². The third kappa shape index (κ3) is 1.54. The predicted molar refractivity (Wildman–Crippen MR) is 43.8 cm³/mol. The number of rotatable bonds is 0. The minimum Gasteiger partial charge on any atom is -0.205 e. The van der Waals surface area contributed by atoms with Gasteiger partial charge in [-0.25, -0.2) is 8.78 Å². The molecule has 1 aromatic carbocycles. The van der Waals surface area contributed by atoms with Gasteiger partial charge in [-0.3, -0.25) is 0 Å². The number of hydrogen-bond acceptors (Lipinski definition) is 0. The zero-order valence-corrected chi connectivity index (χ0v) is 7.93. The van der Waals surface area contributed by atoms with Gasteiger partial charge in [0.1, 0.15) is 11.6 Å². The standard InChI is InChI=1S/C7H4BrClF2/c1-3-6(10)4(8)2-5(9)7(3)11/h2H,1H3. The summed E-state index contributed by atoms with van der Waals surface area (Å²) in [6.07, 6.45) is 0. The van der Waals surface area contributed by atoms with E-state index < -0.39 is 11.6 Å². The summed E-state index contributed by atoms with van der Waals surface area (Å²) in [6.45, 7) is 1.33. The van der Waals surface area contributed by atoms with E-state index in [0.29, 0.717) is 0 Å². The molecule has 0 N–H and O–H groups in total. The minimum absolute atomic E-state index is 0.0654. The average Bonchev–Trinajstić information content (AvgIpc) is 1.97. The minimum atomic E-state index is -0.702. The van der Waals surface area contributed by atoms with Crippen molar-refractivity contribution in [3.05, 3.63) is 32.8 Å². The molecule has 0 aliphatic rings. The molecular formula is C7H4BrClF2. The number of hydrogen-bond donors (Lipinski definition) is 0. The number of halogens is 4. The second-order valence-electron chi connectivity index (χ2n) is 2.09. The monoisotopic (exact) mass is 240 g/mol. The normalized spacial score (nSPS) is 10.3. The van der Waals surface area contributed by atoms with Crippen molar-refractivity contribution < 1.29 is 8.78 Å². The fourth-order valence-corrected chi connectivity index (χ4v) is 1.60. The molecular weight excluding hydrogens is 237 g/mol. The SMILES string of the molecule is Cc1c(F)c(Cl)cc(Br)c1F. The Morgan fingerprint density at radius 2 is 1.91 bits per heavy atom. The van der Waals surface area contributed by atoms with Crippen molar-refractivity contribution >= 4 is 27.5 Å². The van der Waals surface area contributed by atoms with E-state index in [1.54, 1.807) is 0 Å². The first-order chi connectivity index (χ1) is 5.04. The smallest absolute Gasteiger partial charge is 0.147 e. The van der Waals surface area contributed by atoms with Gasteiger partial charge in [-0.1, -0.05) is 11.6 Å². The third-order valence-electron chi connectivity index (χ3n) is 1.33. The van der Waals surface area contributed by atoms with E-state index >= 15 is 0 Å². The highest BCUT2D eigenvalue weighted by Crippen LogP contribution is 2.27. The highest BCUT2D eigenvalue weighted by molar-refractivity contribution is 9.10. The Morgan fingerprint density at radius 3 is 2.45 bits per heavy atom. The molecule has 0 heterocycles. The van der Waals surface area contributed by atoms with Gasteiger partial charge in [0.2, 0.25) is 0 Å². The molecule has 60 valence electrons. The lowest BCUT2D eigenvalue weighted by Gasteiger charge is -2.01. The maximum Gasteiger partial charge on any atom is 0.147 e. The Morgan fingerprint density at radius 1 is 1.36 bits per heavy atom. The first-order valence-corrected chi connectivity index (χ1v) is 4.00. The van der Waals surface area contributed by atoms with Crippen LogP contribution in [0.2, 0.25) is 5.02 Å². The zero-order chi connectivity index (χ0) is 8.59. The molecule has 0 aliphatic heterocycles. The van der Waals surface area contributed by atoms with Gasteiger partial charge in [-0.15, -0.1) is 0 Å². The van der Waals surface area contributed by atoms with Crippen molar-refractivity contribution in [3.63, 3.8) is 0 Å². The lowest BCUT2D eigenvalue weighted by molar-refractivity contribution is 0.564. The highest BCUT2D eigenvalue weighted by atomic mass is 79.9. The Bertz CT molecular complexity index is 273. The van der Waals surface area contributed by atoms with Crippen LogP contribution in [0.15, 0.2) is 10.5 Å². The molecule has 0 radical (unpaired) electrons. The van der Waals surface area contributed by atoms with Crippen LogP contribution < -0.4 is 0 Å². The second-order valence-corrected chi connectivity index (χ2v) is 3.35. The largest absolute Gasteiger partial charge is 0.205 e. The molecule has 0 aliphatic carbocycles. The third-order valence-corrected chi connectivity index (χ3v) is 2.18. The topological polar surface area (TPSA) is 0 Å². The van der Waals surface area contributed by atoms with Crippen molar-refractivity contribution in [1.29, 1.82) is 0 Å². The van der Waals surface area contributed by atoms with E-state index in [4.69, 9.17) is 11.6 Å². The molecule has 0 bridgehead atoms. The van der Waals surface area contributed by atoms with Gasteiger partial charge in [0.25, 0.3) is 0 Å². The van der Waals surface area contributed by atoms with Crippen LogP contribution in [0.4, 0.5) is 8.78 Å². The fraction of sp³-hybridized carbons (Fsp3) is 0.143. The summed E-state index contributed by atoms with van der Waals surface area (Å²) in [4.78, 5) is 0. The average molecular weight is 241 g/mol. The maximum atomic E-state index is 12.8. The van der Waals surface area contributed by atoms with Crippen LogP contribution in [0.1, 0.15) is 5.56 Å². The molecule has 1 rings (SSSR count). The summed E-state index contributed by atoms with van der Waals surface area (Å²) in [5, 5.41) is -0.0734. The summed E-state index contributed by atoms with van der Waals surface area (Å²) in [5.41, 5.74) is -0.0654. The Hall–Kier alpha value is -0.150. The van der Waals surface area contributed by atoms with Crippen LogP contribution in [0.25, 0.3) is 0 Å². The molecule has 4 heteroatoms. The first-order valence-electron chi connectivity index (χ1n) is 2.83. The van der Waals surface area contributed by atoms with Crippen LogP contribution in [0, 0.1) is 18.6 Å². The maximum absolute atomic E-state index is 12.8. The van der Waals surface area contributed by atoms with Gasteiger partial charge >= 0.3 is 0 Å². The van der Waals surface area contributed by atoms with E-state index in [9.17, 15) is 8.78 Å². The summed E-state index contributed by atoms with van der Waals surface area (Å²) >= 11 is 8.32. The van der Waals surface area contributed by atoms with Gasteiger partial charge in [-0.2, -0.15) is 0 Å². The summed E-state index contributed by atoms with van der Waals surface area (Å²) in [5.74, 6) is -1.31. The van der Waals surface area contributed by atoms with Gasteiger partial charge in [0.15, 0.2) is 0 Å². The molecule has 1 aromatic rings. The van der Waals surface area contributed by atoms with Crippen LogP contribution in [0.5, 0.6) is 0 Å². The summed E-state index contributed by atoms with van der Waals surface area (Å²) in [6, 6.07) is 1.19. The van der Waals surface area contributed by atoms with Gasteiger partial charge in [0, 0.05) is 5.56 Å². The lowest BCUT2D eigenvalue weighted by atomic mass is 10.2. The summed E-state index contributed by atoms with van der Waals surface area (Å²) in [7, 11) is 0. The highest BCUT2D eigenvalue weighted by Gasteiger charge is 2.11. The molecule has 0 nitrogen and oxygen atoms in total. The van der Waals surface area contributed by atoms with Crippen molar-refractivity contribution in [3.8, 4) is 0 Å². The van der Waals surface area contributed by atoms with E-state index in [-0.39, 0.29) is 15.1 Å². The Balaban J connectivity index is 3.46. The van der Waals surface area contributed by atoms with Crippen molar-refractivity contribution in [2.45, 2.75) is 6.92 Å². The zero-order valence-electron chi connectivity index (χ0n) is 5.59. The van der Waals surface area contributed by atoms with Crippen molar-refractivity contribution in [1.82, 2.24) is 0 Å². The lowest BCUT2D eigenvalue weighted by Crippen LogP contribution is -1.90. The number of benzene rings is 1. The second kappa shape index (κ2) is 3.07. The van der Waals surface area contributed by atoms with Crippen molar-refractivity contribution in [2.75, 3.05) is 0 Å². The molecule has 0 unspecified atom stereocenters. The molecule has 0 atom stereocenters. The van der Waals surface area contributed by atoms with Crippen LogP contribution in [-0.2, 0) is 0 Å². The van der Waals surface area contributed by atoms with Gasteiger partial charge < -0.3 is 0 Å². The Kier molecular flexibility index (Phi) is 2.50. The Labute approximate surface area is 76.3 Å². The molecule has 0 aromatic heterocycles. The predicted octanol–water partition coefficient (Wildman–Crippen LogP) is 3.69. The van der Waals surface area contributed by atoms with Crippen molar-refractivity contribution in [2.24, 2.45) is 0 Å². The molecule has 11 heavy (non-hydrogen) atoms. The van der Waals surface area contributed by atoms with E-state index in [1.807, 2.05) is 0 Å². The van der Waals surface area contributed by atoms with Gasteiger partial charge in [-0.05, 0) is 28.9 Å². The first kappa shape index (κ1) is 8.94. The van der Waals surface area contributed by atoms with Gasteiger partial charge in [0.05, 0.1) is 9.50 Å². The quantitative estimate of drug-likeness (QED) is 0.608. The molecule has 0 spiro atoms.